The van der Waals surface area contributed by atoms with E-state index in [0.29, 0.717) is 41.9 Å². The quantitative estimate of drug-likeness (QED) is 0.202. The summed E-state index contributed by atoms with van der Waals surface area (Å²) in [6.07, 6.45) is 8.46. The number of nitrogens with zero attached hydrogens (tertiary/aromatic N) is 4. The maximum atomic E-state index is 14.0. The van der Waals surface area contributed by atoms with Gasteiger partial charge in [0.15, 0.2) is 0 Å². The Bertz CT molecular complexity index is 1350. The minimum Gasteiger partial charge on any atom is -0.331 e. The summed E-state index contributed by atoms with van der Waals surface area (Å²) in [6, 6.07) is 7.32. The molecule has 1 amide bonds. The zero-order chi connectivity index (χ0) is 29.4. The smallest absolute Gasteiger partial charge is 0.266 e. The minimum atomic E-state index is -0.458. The Morgan fingerprint density at radius 1 is 0.950 bits per heavy atom. The van der Waals surface area contributed by atoms with Gasteiger partial charge in [0.25, 0.3) is 5.56 Å². The van der Waals surface area contributed by atoms with E-state index in [4.69, 9.17) is 4.98 Å². The molecule has 3 aromatic rings. The summed E-state index contributed by atoms with van der Waals surface area (Å²) in [4.78, 5) is 36.7. The van der Waals surface area contributed by atoms with Gasteiger partial charge in [-0.2, -0.15) is 0 Å². The van der Waals surface area contributed by atoms with Crippen LogP contribution in [0.2, 0.25) is 0 Å². The topological polar surface area (TPSA) is 58.4 Å². The minimum absolute atomic E-state index is 0.0692. The van der Waals surface area contributed by atoms with Gasteiger partial charge in [-0.3, -0.25) is 14.2 Å². The molecule has 7 heteroatoms. The van der Waals surface area contributed by atoms with Gasteiger partial charge in [0, 0.05) is 19.5 Å². The number of hydrogen-bond acceptors (Lipinski definition) is 4. The number of likely N-dealkylation sites (N-methyl/N-ethyl adjacent to an activating group) is 1. The number of benzene rings is 2. The van der Waals surface area contributed by atoms with E-state index in [1.54, 1.807) is 16.7 Å². The Balaban J connectivity index is 2.05. The maximum absolute atomic E-state index is 14.0. The van der Waals surface area contributed by atoms with Crippen molar-refractivity contribution in [3.05, 3.63) is 69.0 Å². The Hall–Kier alpha value is -3.06. The Morgan fingerprint density at radius 2 is 1.57 bits per heavy atom. The first-order valence-corrected chi connectivity index (χ1v) is 14.8. The van der Waals surface area contributed by atoms with Crippen molar-refractivity contribution < 1.29 is 9.18 Å². The molecule has 0 N–H and O–H groups in total. The van der Waals surface area contributed by atoms with Crippen LogP contribution in [-0.4, -0.2) is 52.4 Å². The third-order valence-corrected chi connectivity index (χ3v) is 8.04. The summed E-state index contributed by atoms with van der Waals surface area (Å²) in [7, 11) is 3.97. The van der Waals surface area contributed by atoms with E-state index < -0.39 is 6.04 Å². The molecule has 0 aliphatic carbocycles. The van der Waals surface area contributed by atoms with E-state index in [0.717, 1.165) is 36.0 Å². The number of rotatable bonds is 14. The summed E-state index contributed by atoms with van der Waals surface area (Å²) in [5.41, 5.74) is 4.05. The average Bonchev–Trinajstić information content (AvgIpc) is 2.92. The summed E-state index contributed by atoms with van der Waals surface area (Å²) in [5, 5.41) is 0.523. The molecule has 0 saturated carbocycles. The van der Waals surface area contributed by atoms with Crippen molar-refractivity contribution in [2.75, 3.05) is 27.2 Å². The van der Waals surface area contributed by atoms with Crippen LogP contribution in [-0.2, 0) is 4.79 Å². The monoisotopic (exact) mass is 550 g/mol. The summed E-state index contributed by atoms with van der Waals surface area (Å²) < 4.78 is 15.4. The molecule has 1 unspecified atom stereocenters. The summed E-state index contributed by atoms with van der Waals surface area (Å²) in [5.74, 6) is 0.182. The normalized spacial score (nSPS) is 12.3. The highest BCUT2D eigenvalue weighted by atomic mass is 19.1. The van der Waals surface area contributed by atoms with E-state index in [1.165, 1.54) is 37.8 Å². The maximum Gasteiger partial charge on any atom is 0.266 e. The van der Waals surface area contributed by atoms with Crippen molar-refractivity contribution in [2.24, 2.45) is 0 Å². The highest BCUT2D eigenvalue weighted by molar-refractivity contribution is 5.84. The number of carbonyl (C=O) groups excluding carboxylic acids is 1. The molecule has 218 valence electrons. The van der Waals surface area contributed by atoms with Crippen LogP contribution in [0.1, 0.15) is 93.8 Å². The predicted octanol–water partition coefficient (Wildman–Crippen LogP) is 7.04. The molecular formula is C33H47FN4O2. The van der Waals surface area contributed by atoms with E-state index in [9.17, 15) is 14.0 Å². The highest BCUT2D eigenvalue weighted by Crippen LogP contribution is 2.27. The molecule has 2 aromatic carbocycles. The molecule has 0 aliphatic heterocycles. The molecule has 0 saturated heterocycles. The Morgan fingerprint density at radius 3 is 2.20 bits per heavy atom. The third-order valence-electron chi connectivity index (χ3n) is 8.04. The van der Waals surface area contributed by atoms with Gasteiger partial charge in [-0.05, 0) is 95.2 Å². The number of fused-ring (bicyclic) bond motifs is 1. The van der Waals surface area contributed by atoms with E-state index in [1.807, 2.05) is 52.8 Å². The van der Waals surface area contributed by atoms with Crippen LogP contribution in [0.5, 0.6) is 0 Å². The first-order valence-electron chi connectivity index (χ1n) is 14.8. The van der Waals surface area contributed by atoms with Gasteiger partial charge >= 0.3 is 0 Å². The molecule has 6 nitrogen and oxygen atoms in total. The lowest BCUT2D eigenvalue weighted by Crippen LogP contribution is -2.41. The van der Waals surface area contributed by atoms with Crippen LogP contribution in [0.3, 0.4) is 0 Å². The lowest BCUT2D eigenvalue weighted by Gasteiger charge is -2.32. The number of amides is 1. The molecule has 0 spiro atoms. The molecule has 0 radical (unpaired) electrons. The molecule has 40 heavy (non-hydrogen) atoms. The van der Waals surface area contributed by atoms with Crippen molar-refractivity contribution in [3.63, 3.8) is 0 Å². The number of hydrogen-bond donors (Lipinski definition) is 0. The molecule has 0 fully saturated rings. The average molecular weight is 551 g/mol. The standard InChI is InChI=1S/C33H47FN4O2/c1-8-9-10-11-12-13-14-15-30(39)37(21-20-36(6)7)26(5)32-35-31-25(4)24(3)23(2)22-29(31)33(40)38(32)28-18-16-27(34)17-19-28/h16-19,22,26H,8-15,20-21H2,1-7H3. The molecule has 1 aromatic heterocycles. The SMILES string of the molecule is CCCCCCCCCC(=O)N(CCN(C)C)C(C)c1nc2c(C)c(C)c(C)cc2c(=O)n1-c1ccc(F)cc1. The van der Waals surface area contributed by atoms with Gasteiger partial charge in [0.1, 0.15) is 11.6 Å². The van der Waals surface area contributed by atoms with Gasteiger partial charge < -0.3 is 9.80 Å². The fraction of sp³-hybridized carbons (Fsp3) is 0.545. The van der Waals surface area contributed by atoms with Crippen LogP contribution < -0.4 is 5.56 Å². The van der Waals surface area contributed by atoms with Crippen LogP contribution in [0, 0.1) is 26.6 Å². The van der Waals surface area contributed by atoms with Crippen molar-refractivity contribution in [3.8, 4) is 5.69 Å². The first-order chi connectivity index (χ1) is 19.1. The summed E-state index contributed by atoms with van der Waals surface area (Å²) >= 11 is 0. The molecule has 0 bridgehead atoms. The Kier molecular flexibility index (Phi) is 11.4. The molecule has 1 atom stereocenters. The third kappa shape index (κ3) is 7.57. The number of halogens is 1. The van der Waals surface area contributed by atoms with Crippen LogP contribution in [0.4, 0.5) is 4.39 Å². The second-order valence-electron chi connectivity index (χ2n) is 11.4. The molecule has 1 heterocycles. The lowest BCUT2D eigenvalue weighted by molar-refractivity contribution is -0.133. The fourth-order valence-electron chi connectivity index (χ4n) is 5.24. The number of carbonyl (C=O) groups is 1. The second-order valence-corrected chi connectivity index (χ2v) is 11.4. The van der Waals surface area contributed by atoms with Gasteiger partial charge in [0.2, 0.25) is 5.91 Å². The Labute approximate surface area is 239 Å². The second kappa shape index (κ2) is 14.5. The molecule has 3 rings (SSSR count). The highest BCUT2D eigenvalue weighted by Gasteiger charge is 2.27. The zero-order valence-electron chi connectivity index (χ0n) is 25.5. The van der Waals surface area contributed by atoms with Gasteiger partial charge in [-0.25, -0.2) is 9.37 Å². The number of aromatic nitrogens is 2. The first kappa shape index (κ1) is 31.5. The van der Waals surface area contributed by atoms with Crippen LogP contribution >= 0.6 is 0 Å². The number of unbranched alkanes of at least 4 members (excludes halogenated alkanes) is 6. The van der Waals surface area contributed by atoms with Gasteiger partial charge in [-0.1, -0.05) is 45.4 Å². The van der Waals surface area contributed by atoms with Crippen molar-refractivity contribution in [1.29, 1.82) is 0 Å². The lowest BCUT2D eigenvalue weighted by atomic mass is 10.00. The van der Waals surface area contributed by atoms with Gasteiger partial charge in [-0.15, -0.1) is 0 Å². The van der Waals surface area contributed by atoms with Gasteiger partial charge in [0.05, 0.1) is 22.6 Å². The van der Waals surface area contributed by atoms with Crippen molar-refractivity contribution in [2.45, 2.75) is 92.0 Å². The molecular weight excluding hydrogens is 503 g/mol. The van der Waals surface area contributed by atoms with Crippen molar-refractivity contribution in [1.82, 2.24) is 19.4 Å². The fourth-order valence-corrected chi connectivity index (χ4v) is 5.24. The predicted molar refractivity (Wildman–Crippen MR) is 163 cm³/mol. The van der Waals surface area contributed by atoms with Crippen LogP contribution in [0.15, 0.2) is 35.1 Å². The van der Waals surface area contributed by atoms with E-state index >= 15 is 0 Å². The zero-order valence-corrected chi connectivity index (χ0v) is 25.5. The molecule has 0 aliphatic rings. The summed E-state index contributed by atoms with van der Waals surface area (Å²) in [6.45, 7) is 11.4. The van der Waals surface area contributed by atoms with Crippen molar-refractivity contribution >= 4 is 16.8 Å². The number of aryl methyl sites for hydroxylation is 2. The van der Waals surface area contributed by atoms with E-state index in [-0.39, 0.29) is 17.3 Å². The largest absolute Gasteiger partial charge is 0.331 e. The van der Waals surface area contributed by atoms with Crippen LogP contribution in [0.25, 0.3) is 16.6 Å². The van der Waals surface area contributed by atoms with E-state index in [2.05, 4.69) is 11.8 Å².